The van der Waals surface area contributed by atoms with E-state index < -0.39 is 15.8 Å². The number of anilines is 5. The molecular formula is C20H21ClFN5O5S. The van der Waals surface area contributed by atoms with Crippen LogP contribution in [0.15, 0.2) is 36.5 Å². The summed E-state index contributed by atoms with van der Waals surface area (Å²) in [5.41, 5.74) is 0.743. The maximum atomic E-state index is 14.5. The van der Waals surface area contributed by atoms with E-state index in [9.17, 15) is 12.8 Å². The quantitative estimate of drug-likeness (QED) is 0.399. The fraction of sp³-hybridized carbons (Fsp3) is 0.200. The van der Waals surface area contributed by atoms with Crippen molar-refractivity contribution in [2.45, 2.75) is 0 Å². The molecule has 33 heavy (non-hydrogen) atoms. The van der Waals surface area contributed by atoms with Crippen molar-refractivity contribution in [2.75, 3.05) is 42.9 Å². The molecule has 0 fully saturated rings. The molecule has 3 rings (SSSR count). The van der Waals surface area contributed by atoms with Crippen molar-refractivity contribution in [1.82, 2.24) is 9.97 Å². The lowest BCUT2D eigenvalue weighted by atomic mass is 10.2. The van der Waals surface area contributed by atoms with Gasteiger partial charge in [0, 0.05) is 17.8 Å². The number of aromatic nitrogens is 2. The lowest BCUT2D eigenvalue weighted by molar-refractivity contribution is 0.324. The van der Waals surface area contributed by atoms with Crippen molar-refractivity contribution in [1.29, 1.82) is 0 Å². The van der Waals surface area contributed by atoms with Gasteiger partial charge in [-0.2, -0.15) is 4.98 Å². The minimum Gasteiger partial charge on any atom is -0.493 e. The Bertz CT molecular complexity index is 1250. The van der Waals surface area contributed by atoms with Gasteiger partial charge < -0.3 is 24.8 Å². The van der Waals surface area contributed by atoms with E-state index in [1.54, 1.807) is 18.2 Å². The summed E-state index contributed by atoms with van der Waals surface area (Å²) >= 11 is 6.12. The van der Waals surface area contributed by atoms with Gasteiger partial charge in [-0.05, 0) is 12.1 Å². The maximum absolute atomic E-state index is 14.5. The first kappa shape index (κ1) is 24.1. The second-order valence-corrected chi connectivity index (χ2v) is 8.75. The summed E-state index contributed by atoms with van der Waals surface area (Å²) in [5.74, 6) is 0.271. The Morgan fingerprint density at radius 3 is 2.27 bits per heavy atom. The Balaban J connectivity index is 1.94. The number of ether oxygens (including phenoxy) is 3. The maximum Gasteiger partial charge on any atom is 0.229 e. The molecule has 0 unspecified atom stereocenters. The van der Waals surface area contributed by atoms with Gasteiger partial charge in [0.05, 0.1) is 50.2 Å². The molecule has 2 aromatic carbocycles. The largest absolute Gasteiger partial charge is 0.493 e. The highest BCUT2D eigenvalue weighted by atomic mass is 35.5. The molecule has 3 aromatic rings. The number of para-hydroxylation sites is 1. The third-order valence-corrected chi connectivity index (χ3v) is 5.11. The first-order valence-electron chi connectivity index (χ1n) is 9.28. The number of benzene rings is 2. The summed E-state index contributed by atoms with van der Waals surface area (Å²) in [7, 11) is 0.797. The number of nitrogens with zero attached hydrogens (tertiary/aromatic N) is 2. The van der Waals surface area contributed by atoms with Gasteiger partial charge in [0.15, 0.2) is 23.1 Å². The van der Waals surface area contributed by atoms with Gasteiger partial charge in [-0.25, -0.2) is 17.8 Å². The zero-order valence-electron chi connectivity index (χ0n) is 18.1. The smallest absolute Gasteiger partial charge is 0.229 e. The first-order valence-corrected chi connectivity index (χ1v) is 11.5. The molecule has 0 bridgehead atoms. The molecule has 0 saturated carbocycles. The third-order valence-electron chi connectivity index (χ3n) is 4.22. The van der Waals surface area contributed by atoms with Crippen LogP contribution in [0.1, 0.15) is 0 Å². The monoisotopic (exact) mass is 497 g/mol. The number of methoxy groups -OCH3 is 3. The molecule has 0 aliphatic heterocycles. The molecular weight excluding hydrogens is 477 g/mol. The van der Waals surface area contributed by atoms with Crippen LogP contribution in [-0.2, 0) is 10.0 Å². The normalized spacial score (nSPS) is 11.0. The van der Waals surface area contributed by atoms with Crippen LogP contribution < -0.4 is 29.6 Å². The summed E-state index contributed by atoms with van der Waals surface area (Å²) in [6.45, 7) is 0. The Kier molecular flexibility index (Phi) is 7.29. The predicted molar refractivity (Wildman–Crippen MR) is 125 cm³/mol. The fourth-order valence-electron chi connectivity index (χ4n) is 2.84. The van der Waals surface area contributed by atoms with E-state index in [1.807, 2.05) is 0 Å². The van der Waals surface area contributed by atoms with Crippen LogP contribution >= 0.6 is 11.6 Å². The molecule has 1 aromatic heterocycles. The minimum absolute atomic E-state index is 0.0489. The van der Waals surface area contributed by atoms with Crippen molar-refractivity contribution in [3.63, 3.8) is 0 Å². The molecule has 0 radical (unpaired) electrons. The number of hydrogen-bond donors (Lipinski definition) is 3. The average molecular weight is 498 g/mol. The van der Waals surface area contributed by atoms with Crippen molar-refractivity contribution in [2.24, 2.45) is 0 Å². The lowest BCUT2D eigenvalue weighted by Gasteiger charge is -2.16. The van der Waals surface area contributed by atoms with Crippen LogP contribution in [0.2, 0.25) is 5.02 Å². The lowest BCUT2D eigenvalue weighted by Crippen LogP contribution is -2.12. The summed E-state index contributed by atoms with van der Waals surface area (Å²) in [5, 5.41) is 5.81. The Hall–Kier alpha value is -3.51. The van der Waals surface area contributed by atoms with Gasteiger partial charge in [-0.15, -0.1) is 0 Å². The fourth-order valence-corrected chi connectivity index (χ4v) is 3.71. The first-order chi connectivity index (χ1) is 15.6. The minimum atomic E-state index is -3.64. The van der Waals surface area contributed by atoms with E-state index in [2.05, 4.69) is 25.3 Å². The van der Waals surface area contributed by atoms with Crippen molar-refractivity contribution >= 4 is 50.5 Å². The number of sulfonamides is 1. The van der Waals surface area contributed by atoms with E-state index in [0.29, 0.717) is 22.9 Å². The number of halogens is 2. The zero-order chi connectivity index (χ0) is 24.2. The van der Waals surface area contributed by atoms with Gasteiger partial charge in [-0.3, -0.25) is 4.72 Å². The predicted octanol–water partition coefficient (Wildman–Crippen LogP) is 4.15. The molecule has 176 valence electrons. The van der Waals surface area contributed by atoms with Crippen molar-refractivity contribution in [3.8, 4) is 17.2 Å². The molecule has 0 aliphatic rings. The summed E-state index contributed by atoms with van der Waals surface area (Å²) in [6.07, 6.45) is 1.94. The average Bonchev–Trinajstić information content (AvgIpc) is 2.76. The topological polar surface area (TPSA) is 124 Å². The van der Waals surface area contributed by atoms with E-state index in [0.717, 1.165) is 12.5 Å². The molecule has 0 spiro atoms. The highest BCUT2D eigenvalue weighted by Gasteiger charge is 2.17. The molecule has 3 N–H and O–H groups in total. The van der Waals surface area contributed by atoms with Crippen molar-refractivity contribution < 1.29 is 27.0 Å². The standard InChI is InChI=1S/C20H21ClFN5O5S/c1-30-15-8-11(9-16(31-2)18(15)32-3)24-20-23-10-13(22)19(26-20)25-14-7-5-6-12(21)17(14)27-33(4,28)29/h5-10,27H,1-4H3,(H2,23,24,25,26). The SMILES string of the molecule is COc1cc(Nc2ncc(F)c(Nc3cccc(Cl)c3NS(C)(=O)=O)n2)cc(OC)c1OC. The van der Waals surface area contributed by atoms with Crippen LogP contribution in [0, 0.1) is 5.82 Å². The van der Waals surface area contributed by atoms with E-state index >= 15 is 0 Å². The van der Waals surface area contributed by atoms with Crippen LogP contribution in [0.4, 0.5) is 33.2 Å². The summed E-state index contributed by atoms with van der Waals surface area (Å²) in [4.78, 5) is 8.08. The molecule has 0 atom stereocenters. The zero-order valence-corrected chi connectivity index (χ0v) is 19.6. The molecule has 0 saturated heterocycles. The Labute approximate surface area is 195 Å². The third kappa shape index (κ3) is 5.84. The van der Waals surface area contributed by atoms with Gasteiger partial charge in [0.2, 0.25) is 21.7 Å². The highest BCUT2D eigenvalue weighted by molar-refractivity contribution is 7.92. The van der Waals surface area contributed by atoms with Crippen LogP contribution in [-0.4, -0.2) is 46.0 Å². The van der Waals surface area contributed by atoms with E-state index in [1.165, 1.54) is 33.5 Å². The van der Waals surface area contributed by atoms with Gasteiger partial charge in [0.1, 0.15) is 0 Å². The van der Waals surface area contributed by atoms with Gasteiger partial charge in [0.25, 0.3) is 0 Å². The van der Waals surface area contributed by atoms with Crippen molar-refractivity contribution in [3.05, 3.63) is 47.4 Å². The number of rotatable bonds is 9. The van der Waals surface area contributed by atoms with Crippen LogP contribution in [0.25, 0.3) is 0 Å². The molecule has 0 amide bonds. The van der Waals surface area contributed by atoms with Gasteiger partial charge in [-0.1, -0.05) is 17.7 Å². The Morgan fingerprint density at radius 1 is 1.03 bits per heavy atom. The molecule has 1 heterocycles. The molecule has 13 heteroatoms. The highest BCUT2D eigenvalue weighted by Crippen LogP contribution is 2.40. The number of hydrogen-bond acceptors (Lipinski definition) is 9. The van der Waals surface area contributed by atoms with Gasteiger partial charge >= 0.3 is 0 Å². The van der Waals surface area contributed by atoms with E-state index in [-0.39, 0.29) is 28.2 Å². The van der Waals surface area contributed by atoms with E-state index in [4.69, 9.17) is 25.8 Å². The summed E-state index contributed by atoms with van der Waals surface area (Å²) < 4.78 is 56.1. The second kappa shape index (κ2) is 9.96. The van der Waals surface area contributed by atoms with Crippen LogP contribution in [0.3, 0.4) is 0 Å². The number of nitrogens with one attached hydrogen (secondary N) is 3. The molecule has 0 aliphatic carbocycles. The second-order valence-electron chi connectivity index (χ2n) is 6.59. The Morgan fingerprint density at radius 2 is 1.70 bits per heavy atom. The molecule has 10 nitrogen and oxygen atoms in total. The van der Waals surface area contributed by atoms with Crippen LogP contribution in [0.5, 0.6) is 17.2 Å². The summed E-state index contributed by atoms with van der Waals surface area (Å²) in [6, 6.07) is 7.85.